The molecule has 3 aromatic rings. The summed E-state index contributed by atoms with van der Waals surface area (Å²) in [6.45, 7) is 2.70. The van der Waals surface area contributed by atoms with Crippen molar-refractivity contribution in [3.8, 4) is 17.2 Å². The average molecular weight is 524 g/mol. The summed E-state index contributed by atoms with van der Waals surface area (Å²) in [5, 5.41) is 6.48. The van der Waals surface area contributed by atoms with E-state index < -0.39 is 17.8 Å². The number of hydrogen-bond acceptors (Lipinski definition) is 7. The van der Waals surface area contributed by atoms with Crippen LogP contribution in [0.1, 0.15) is 35.7 Å². The molecule has 0 aliphatic carbocycles. The summed E-state index contributed by atoms with van der Waals surface area (Å²) in [5.74, 6) is -1.30. The number of carbonyl (C=O) groups excluding carboxylic acids is 3. The minimum atomic E-state index is -0.976. The number of hydrogen-bond donors (Lipinski definition) is 2. The quantitative estimate of drug-likeness (QED) is 0.0981. The van der Waals surface area contributed by atoms with Crippen molar-refractivity contribution in [3.63, 3.8) is 0 Å². The number of ether oxygens (including phenoxy) is 3. The van der Waals surface area contributed by atoms with E-state index in [0.29, 0.717) is 34.2 Å². The number of amides is 2. The van der Waals surface area contributed by atoms with Gasteiger partial charge in [-0.2, -0.15) is 5.10 Å². The number of nitrogens with one attached hydrogen (secondary N) is 2. The van der Waals surface area contributed by atoms with E-state index in [1.165, 1.54) is 19.4 Å². The summed E-state index contributed by atoms with van der Waals surface area (Å²) in [6.07, 6.45) is 3.30. The highest BCUT2D eigenvalue weighted by molar-refractivity contribution is 6.41. The van der Waals surface area contributed by atoms with Gasteiger partial charge in [0, 0.05) is 0 Å². The van der Waals surface area contributed by atoms with E-state index >= 15 is 0 Å². The number of anilines is 1. The van der Waals surface area contributed by atoms with Crippen molar-refractivity contribution in [1.29, 1.82) is 0 Å². The smallest absolute Gasteiger partial charge is 0.343 e. The minimum absolute atomic E-state index is 0.205. The lowest BCUT2D eigenvalue weighted by atomic mass is 10.2. The first-order valence-corrected chi connectivity index (χ1v) is 11.8. The number of unbranched alkanes of at least 4 members (excludes halogenated alkanes) is 1. The Labute approximate surface area is 219 Å². The lowest BCUT2D eigenvalue weighted by Crippen LogP contribution is -2.32. The van der Waals surface area contributed by atoms with Gasteiger partial charge >= 0.3 is 17.8 Å². The average Bonchev–Trinajstić information content (AvgIpc) is 2.91. The van der Waals surface area contributed by atoms with Crippen LogP contribution in [0.5, 0.6) is 17.2 Å². The summed E-state index contributed by atoms with van der Waals surface area (Å²) < 4.78 is 16.4. The van der Waals surface area contributed by atoms with Crippen molar-refractivity contribution in [1.82, 2.24) is 5.43 Å². The molecule has 2 N–H and O–H groups in total. The van der Waals surface area contributed by atoms with E-state index in [1.807, 2.05) is 0 Å². The Morgan fingerprint density at radius 2 is 1.73 bits per heavy atom. The SMILES string of the molecule is CCCCOc1ccc(C(=O)Oc2ccc(/C=N/NC(=O)C(=O)Nc3ccccc3Cl)cc2OC)cc1. The monoisotopic (exact) mass is 523 g/mol. The maximum absolute atomic E-state index is 12.6. The third-order valence-electron chi connectivity index (χ3n) is 4.95. The molecule has 37 heavy (non-hydrogen) atoms. The molecule has 10 heteroatoms. The van der Waals surface area contributed by atoms with Gasteiger partial charge in [0.2, 0.25) is 0 Å². The fourth-order valence-electron chi connectivity index (χ4n) is 2.99. The molecule has 3 aromatic carbocycles. The maximum Gasteiger partial charge on any atom is 0.343 e. The molecular formula is C27H26ClN3O6. The topological polar surface area (TPSA) is 115 Å². The first kappa shape index (κ1) is 27.2. The number of para-hydroxylation sites is 1. The van der Waals surface area contributed by atoms with Gasteiger partial charge in [-0.05, 0) is 66.6 Å². The Bertz CT molecular complexity index is 1280. The van der Waals surface area contributed by atoms with Crippen LogP contribution in [0.3, 0.4) is 0 Å². The second-order valence-corrected chi connectivity index (χ2v) is 8.07. The zero-order valence-corrected chi connectivity index (χ0v) is 21.1. The van der Waals surface area contributed by atoms with E-state index in [-0.39, 0.29) is 11.5 Å². The molecule has 0 saturated carbocycles. The van der Waals surface area contributed by atoms with Crippen LogP contribution in [0.15, 0.2) is 71.8 Å². The molecule has 0 heterocycles. The number of halogens is 1. The third-order valence-corrected chi connectivity index (χ3v) is 5.28. The van der Waals surface area contributed by atoms with Gasteiger partial charge < -0.3 is 19.5 Å². The normalized spacial score (nSPS) is 10.6. The number of nitrogens with zero attached hydrogens (tertiary/aromatic N) is 1. The fraction of sp³-hybridized carbons (Fsp3) is 0.185. The van der Waals surface area contributed by atoms with Gasteiger partial charge in [-0.1, -0.05) is 37.1 Å². The van der Waals surface area contributed by atoms with E-state index in [9.17, 15) is 14.4 Å². The Kier molecular flexibility index (Phi) is 10.0. The molecule has 2 amide bonds. The van der Waals surface area contributed by atoms with Gasteiger partial charge in [0.15, 0.2) is 11.5 Å². The summed E-state index contributed by atoms with van der Waals surface area (Å²) in [5.41, 5.74) is 3.32. The van der Waals surface area contributed by atoms with Crippen LogP contribution in [0.25, 0.3) is 0 Å². The van der Waals surface area contributed by atoms with Crippen LogP contribution >= 0.6 is 11.6 Å². The zero-order valence-electron chi connectivity index (χ0n) is 20.3. The van der Waals surface area contributed by atoms with Crippen molar-refractivity contribution in [2.24, 2.45) is 5.10 Å². The Balaban J connectivity index is 1.57. The number of esters is 1. The molecule has 0 fully saturated rings. The second kappa shape index (κ2) is 13.6. The molecule has 0 bridgehead atoms. The van der Waals surface area contributed by atoms with E-state index in [2.05, 4.69) is 22.8 Å². The van der Waals surface area contributed by atoms with Crippen LogP contribution in [0.4, 0.5) is 5.69 Å². The van der Waals surface area contributed by atoms with Crippen LogP contribution in [0.2, 0.25) is 5.02 Å². The number of methoxy groups -OCH3 is 1. The number of carbonyl (C=O) groups is 3. The predicted octanol–water partition coefficient (Wildman–Crippen LogP) is 4.84. The van der Waals surface area contributed by atoms with Crippen LogP contribution in [0, 0.1) is 0 Å². The summed E-state index contributed by atoms with van der Waals surface area (Å²) in [7, 11) is 1.43. The van der Waals surface area contributed by atoms with Gasteiger partial charge in [0.05, 0.1) is 36.2 Å². The highest BCUT2D eigenvalue weighted by atomic mass is 35.5. The number of hydrazone groups is 1. The molecule has 0 spiro atoms. The Morgan fingerprint density at radius 3 is 2.43 bits per heavy atom. The van der Waals surface area contributed by atoms with Crippen molar-refractivity contribution < 1.29 is 28.6 Å². The van der Waals surface area contributed by atoms with Gasteiger partial charge in [0.25, 0.3) is 0 Å². The van der Waals surface area contributed by atoms with Gasteiger partial charge in [-0.3, -0.25) is 9.59 Å². The van der Waals surface area contributed by atoms with Crippen molar-refractivity contribution >= 4 is 41.3 Å². The van der Waals surface area contributed by atoms with E-state index in [0.717, 1.165) is 12.8 Å². The molecule has 3 rings (SSSR count). The predicted molar refractivity (Wildman–Crippen MR) is 141 cm³/mol. The fourth-order valence-corrected chi connectivity index (χ4v) is 3.17. The molecule has 0 saturated heterocycles. The Hall–Kier alpha value is -4.37. The van der Waals surface area contributed by atoms with Crippen LogP contribution in [-0.4, -0.2) is 37.7 Å². The molecular weight excluding hydrogens is 498 g/mol. The van der Waals surface area contributed by atoms with Crippen LogP contribution < -0.4 is 25.0 Å². The molecule has 0 aliphatic rings. The minimum Gasteiger partial charge on any atom is -0.494 e. The van der Waals surface area contributed by atoms with E-state index in [1.54, 1.807) is 60.7 Å². The van der Waals surface area contributed by atoms with Crippen molar-refractivity contribution in [2.75, 3.05) is 19.0 Å². The maximum atomic E-state index is 12.6. The largest absolute Gasteiger partial charge is 0.494 e. The third kappa shape index (κ3) is 8.08. The summed E-state index contributed by atoms with van der Waals surface area (Å²) in [4.78, 5) is 36.6. The standard InChI is InChI=1S/C27H26ClN3O6/c1-3-4-15-36-20-12-10-19(11-13-20)27(34)37-23-14-9-18(16-24(23)35-2)17-29-31-26(33)25(32)30-22-8-6-5-7-21(22)28/h5-14,16-17H,3-4,15H2,1-2H3,(H,30,32)(H,31,33)/b29-17+. The van der Waals surface area contributed by atoms with Crippen LogP contribution in [-0.2, 0) is 9.59 Å². The molecule has 0 atom stereocenters. The molecule has 0 unspecified atom stereocenters. The number of benzene rings is 3. The summed E-state index contributed by atoms with van der Waals surface area (Å²) in [6, 6.07) is 17.9. The zero-order chi connectivity index (χ0) is 26.6. The Morgan fingerprint density at radius 1 is 0.973 bits per heavy atom. The van der Waals surface area contributed by atoms with Gasteiger partial charge in [-0.15, -0.1) is 0 Å². The summed E-state index contributed by atoms with van der Waals surface area (Å²) >= 11 is 5.97. The molecule has 9 nitrogen and oxygen atoms in total. The molecule has 0 radical (unpaired) electrons. The van der Waals surface area contributed by atoms with Crippen molar-refractivity contribution in [2.45, 2.75) is 19.8 Å². The molecule has 0 aliphatic heterocycles. The first-order valence-electron chi connectivity index (χ1n) is 11.4. The van der Waals surface area contributed by atoms with E-state index in [4.69, 9.17) is 25.8 Å². The highest BCUT2D eigenvalue weighted by Gasteiger charge is 2.15. The van der Waals surface area contributed by atoms with Gasteiger partial charge in [0.1, 0.15) is 5.75 Å². The molecule has 192 valence electrons. The molecule has 0 aromatic heterocycles. The highest BCUT2D eigenvalue weighted by Crippen LogP contribution is 2.28. The van der Waals surface area contributed by atoms with Crippen molar-refractivity contribution in [3.05, 3.63) is 82.9 Å². The first-order chi connectivity index (χ1) is 17.9. The van der Waals surface area contributed by atoms with Gasteiger partial charge in [-0.25, -0.2) is 10.2 Å². The second-order valence-electron chi connectivity index (χ2n) is 7.66. The lowest BCUT2D eigenvalue weighted by molar-refractivity contribution is -0.136. The number of rotatable bonds is 10. The lowest BCUT2D eigenvalue weighted by Gasteiger charge is -2.10.